The molecular weight excluding hydrogens is 382 g/mol. The largest absolute Gasteiger partial charge is 0.323 e. The van der Waals surface area contributed by atoms with Crippen LogP contribution < -0.4 is 5.32 Å². The van der Waals surface area contributed by atoms with Gasteiger partial charge in [0.05, 0.1) is 10.7 Å². The summed E-state index contributed by atoms with van der Waals surface area (Å²) in [6.45, 7) is -0.0469. The third-order valence-electron chi connectivity index (χ3n) is 2.99. The zero-order valence-electron chi connectivity index (χ0n) is 11.8. The summed E-state index contributed by atoms with van der Waals surface area (Å²) in [4.78, 5) is 13.3. The highest BCUT2D eigenvalue weighted by atomic mass is 79.9. The van der Waals surface area contributed by atoms with Crippen molar-refractivity contribution in [3.8, 4) is 11.4 Å². The Balaban J connectivity index is 1.68. The van der Waals surface area contributed by atoms with Crippen molar-refractivity contribution >= 4 is 39.1 Å². The van der Waals surface area contributed by atoms with Crippen LogP contribution in [0.5, 0.6) is 0 Å². The number of tetrazole rings is 1. The molecule has 1 heterocycles. The van der Waals surface area contributed by atoms with E-state index in [9.17, 15) is 4.79 Å². The summed E-state index contributed by atoms with van der Waals surface area (Å²) < 4.78 is 0.966. The lowest BCUT2D eigenvalue weighted by molar-refractivity contribution is -0.117. The molecule has 23 heavy (non-hydrogen) atoms. The van der Waals surface area contributed by atoms with Gasteiger partial charge in [-0.1, -0.05) is 39.7 Å². The molecule has 1 amide bonds. The second-order valence-electron chi connectivity index (χ2n) is 4.68. The molecule has 116 valence electrons. The van der Waals surface area contributed by atoms with E-state index in [-0.39, 0.29) is 12.5 Å². The zero-order chi connectivity index (χ0) is 16.2. The van der Waals surface area contributed by atoms with Crippen LogP contribution in [0.2, 0.25) is 5.02 Å². The van der Waals surface area contributed by atoms with E-state index >= 15 is 0 Å². The summed E-state index contributed by atoms with van der Waals surface area (Å²) >= 11 is 9.37. The van der Waals surface area contributed by atoms with Crippen LogP contribution in [0.15, 0.2) is 53.0 Å². The first-order valence-corrected chi connectivity index (χ1v) is 7.87. The number of hydrogen-bond donors (Lipinski definition) is 1. The summed E-state index contributed by atoms with van der Waals surface area (Å²) in [5.74, 6) is 0.181. The molecule has 0 radical (unpaired) electrons. The van der Waals surface area contributed by atoms with Crippen molar-refractivity contribution in [2.24, 2.45) is 0 Å². The molecule has 0 fully saturated rings. The van der Waals surface area contributed by atoms with Gasteiger partial charge in [0.2, 0.25) is 11.7 Å². The van der Waals surface area contributed by atoms with Crippen molar-refractivity contribution in [2.45, 2.75) is 6.54 Å². The number of para-hydroxylation sites is 1. The maximum Gasteiger partial charge on any atom is 0.248 e. The molecule has 0 atom stereocenters. The Hall–Kier alpha value is -2.25. The van der Waals surface area contributed by atoms with E-state index in [4.69, 9.17) is 11.6 Å². The maximum absolute atomic E-state index is 12.0. The van der Waals surface area contributed by atoms with Crippen molar-refractivity contribution in [1.82, 2.24) is 20.2 Å². The third kappa shape index (κ3) is 3.94. The molecule has 0 aliphatic rings. The van der Waals surface area contributed by atoms with Gasteiger partial charge in [0.1, 0.15) is 6.54 Å². The standard InChI is InChI=1S/C15H11BrClN5O/c16-11-7-5-10(6-8-11)15-19-21-22(20-15)9-14(23)18-13-4-2-1-3-12(13)17/h1-8H,9H2,(H,18,23). The number of rotatable bonds is 4. The molecule has 0 saturated heterocycles. The topological polar surface area (TPSA) is 72.7 Å². The number of carbonyl (C=O) groups is 1. The molecule has 3 aromatic rings. The van der Waals surface area contributed by atoms with E-state index in [0.717, 1.165) is 10.0 Å². The zero-order valence-corrected chi connectivity index (χ0v) is 14.1. The van der Waals surface area contributed by atoms with E-state index < -0.39 is 0 Å². The van der Waals surface area contributed by atoms with E-state index in [1.807, 2.05) is 24.3 Å². The fraction of sp³-hybridized carbons (Fsp3) is 0.0667. The van der Waals surface area contributed by atoms with Crippen LogP contribution in [0, 0.1) is 0 Å². The molecule has 0 unspecified atom stereocenters. The van der Waals surface area contributed by atoms with Crippen molar-refractivity contribution in [1.29, 1.82) is 0 Å². The van der Waals surface area contributed by atoms with Crippen LogP contribution in [0.1, 0.15) is 0 Å². The van der Waals surface area contributed by atoms with Gasteiger partial charge in [-0.05, 0) is 41.6 Å². The first kappa shape index (κ1) is 15.6. The molecule has 0 aliphatic heterocycles. The monoisotopic (exact) mass is 391 g/mol. The highest BCUT2D eigenvalue weighted by Crippen LogP contribution is 2.20. The average Bonchev–Trinajstić information content (AvgIpc) is 2.98. The van der Waals surface area contributed by atoms with Gasteiger partial charge < -0.3 is 5.32 Å². The van der Waals surface area contributed by atoms with E-state index in [1.165, 1.54) is 4.80 Å². The number of carbonyl (C=O) groups excluding carboxylic acids is 1. The van der Waals surface area contributed by atoms with Crippen molar-refractivity contribution < 1.29 is 4.79 Å². The Morgan fingerprint density at radius 2 is 1.91 bits per heavy atom. The number of anilines is 1. The molecule has 0 saturated carbocycles. The quantitative estimate of drug-likeness (QED) is 0.738. The van der Waals surface area contributed by atoms with E-state index in [0.29, 0.717) is 16.5 Å². The van der Waals surface area contributed by atoms with Crippen LogP contribution in [0.3, 0.4) is 0 Å². The number of benzene rings is 2. The molecule has 2 aromatic carbocycles. The van der Waals surface area contributed by atoms with Gasteiger partial charge in [-0.25, -0.2) is 0 Å². The smallest absolute Gasteiger partial charge is 0.248 e. The van der Waals surface area contributed by atoms with Crippen LogP contribution in [0.25, 0.3) is 11.4 Å². The lowest BCUT2D eigenvalue weighted by atomic mass is 10.2. The number of amides is 1. The highest BCUT2D eigenvalue weighted by Gasteiger charge is 2.10. The Morgan fingerprint density at radius 1 is 1.17 bits per heavy atom. The molecule has 3 rings (SSSR count). The Morgan fingerprint density at radius 3 is 2.65 bits per heavy atom. The minimum atomic E-state index is -0.280. The summed E-state index contributed by atoms with van der Waals surface area (Å²) in [5.41, 5.74) is 1.37. The van der Waals surface area contributed by atoms with Gasteiger partial charge in [0, 0.05) is 10.0 Å². The van der Waals surface area contributed by atoms with Gasteiger partial charge >= 0.3 is 0 Å². The molecule has 0 bridgehead atoms. The molecular formula is C15H11BrClN5O. The van der Waals surface area contributed by atoms with Crippen molar-refractivity contribution in [3.05, 3.63) is 58.0 Å². The minimum absolute atomic E-state index is 0.0469. The van der Waals surface area contributed by atoms with Gasteiger partial charge in [-0.3, -0.25) is 4.79 Å². The summed E-state index contributed by atoms with van der Waals surface area (Å²) in [6.07, 6.45) is 0. The molecule has 1 aromatic heterocycles. The Kier molecular flexibility index (Phi) is 4.68. The minimum Gasteiger partial charge on any atom is -0.323 e. The SMILES string of the molecule is O=C(Cn1nnc(-c2ccc(Br)cc2)n1)Nc1ccccc1Cl. The number of nitrogens with one attached hydrogen (secondary N) is 1. The van der Waals surface area contributed by atoms with Gasteiger partial charge in [0.25, 0.3) is 0 Å². The van der Waals surface area contributed by atoms with Crippen LogP contribution in [0.4, 0.5) is 5.69 Å². The summed E-state index contributed by atoms with van der Waals surface area (Å²) in [6, 6.07) is 14.5. The maximum atomic E-state index is 12.0. The molecule has 0 spiro atoms. The van der Waals surface area contributed by atoms with Crippen molar-refractivity contribution in [2.75, 3.05) is 5.32 Å². The first-order chi connectivity index (χ1) is 11.1. The first-order valence-electron chi connectivity index (χ1n) is 6.70. The van der Waals surface area contributed by atoms with Gasteiger partial charge in [-0.2, -0.15) is 4.80 Å². The fourth-order valence-corrected chi connectivity index (χ4v) is 2.35. The lowest BCUT2D eigenvalue weighted by Gasteiger charge is -2.05. The molecule has 8 heteroatoms. The normalized spacial score (nSPS) is 10.5. The highest BCUT2D eigenvalue weighted by molar-refractivity contribution is 9.10. The number of hydrogen-bond acceptors (Lipinski definition) is 4. The predicted molar refractivity (Wildman–Crippen MR) is 91.0 cm³/mol. The average molecular weight is 393 g/mol. The van der Waals surface area contributed by atoms with Crippen LogP contribution in [-0.4, -0.2) is 26.1 Å². The van der Waals surface area contributed by atoms with Crippen LogP contribution >= 0.6 is 27.5 Å². The Labute approximate surface area is 145 Å². The number of halogens is 2. The predicted octanol–water partition coefficient (Wildman–Crippen LogP) is 3.39. The molecule has 0 aliphatic carbocycles. The number of nitrogens with zero attached hydrogens (tertiary/aromatic N) is 4. The van der Waals surface area contributed by atoms with Gasteiger partial charge in [-0.15, -0.1) is 10.2 Å². The molecule has 1 N–H and O–H groups in total. The second-order valence-corrected chi connectivity index (χ2v) is 6.00. The third-order valence-corrected chi connectivity index (χ3v) is 3.85. The summed E-state index contributed by atoms with van der Waals surface area (Å²) in [5, 5.41) is 15.2. The van der Waals surface area contributed by atoms with Crippen molar-refractivity contribution in [3.63, 3.8) is 0 Å². The number of aromatic nitrogens is 4. The summed E-state index contributed by atoms with van der Waals surface area (Å²) in [7, 11) is 0. The van der Waals surface area contributed by atoms with Gasteiger partial charge in [0.15, 0.2) is 0 Å². The fourth-order valence-electron chi connectivity index (χ4n) is 1.91. The van der Waals surface area contributed by atoms with E-state index in [1.54, 1.807) is 24.3 Å². The van der Waals surface area contributed by atoms with E-state index in [2.05, 4.69) is 36.7 Å². The Bertz CT molecular complexity index is 834. The second kappa shape index (κ2) is 6.89. The molecule has 6 nitrogen and oxygen atoms in total. The lowest BCUT2D eigenvalue weighted by Crippen LogP contribution is -2.20. The van der Waals surface area contributed by atoms with Crippen LogP contribution in [-0.2, 0) is 11.3 Å².